The van der Waals surface area contributed by atoms with E-state index in [1.807, 2.05) is 23.1 Å². The molecule has 0 aliphatic heterocycles. The molecule has 1 N–H and O–H groups in total. The van der Waals surface area contributed by atoms with Gasteiger partial charge in [-0.1, -0.05) is 30.1 Å². The van der Waals surface area contributed by atoms with Crippen molar-refractivity contribution >= 4 is 34.5 Å². The topological polar surface area (TPSA) is 29.9 Å². The molecule has 6 heteroatoms. The lowest BCUT2D eigenvalue weighted by Gasteiger charge is -2.18. The van der Waals surface area contributed by atoms with Crippen LogP contribution in [-0.2, 0) is 13.0 Å². The largest absolute Gasteiger partial charge is 0.309 e. The Kier molecular flexibility index (Phi) is 5.49. The first kappa shape index (κ1) is 15.8. The number of nitrogens with zero attached hydrogens (tertiary/aromatic N) is 2. The van der Waals surface area contributed by atoms with E-state index in [4.69, 9.17) is 23.2 Å². The zero-order chi connectivity index (χ0) is 14.7. The minimum Gasteiger partial charge on any atom is -0.309 e. The molecule has 20 heavy (non-hydrogen) atoms. The van der Waals surface area contributed by atoms with Crippen LogP contribution in [0, 0.1) is 6.92 Å². The fourth-order valence-electron chi connectivity index (χ4n) is 2.32. The molecule has 0 spiro atoms. The monoisotopic (exact) mass is 331 g/mol. The highest BCUT2D eigenvalue weighted by molar-refractivity contribution is 7.10. The molecule has 0 saturated heterocycles. The van der Waals surface area contributed by atoms with Gasteiger partial charge in [-0.05, 0) is 31.8 Å². The summed E-state index contributed by atoms with van der Waals surface area (Å²) in [5, 5.41) is 11.6. The normalized spacial score (nSPS) is 12.8. The number of halogens is 2. The number of hydrogen-bond acceptors (Lipinski definition) is 3. The van der Waals surface area contributed by atoms with Crippen LogP contribution in [0.15, 0.2) is 11.4 Å². The lowest BCUT2D eigenvalue weighted by atomic mass is 10.1. The molecule has 0 aliphatic carbocycles. The second-order valence-corrected chi connectivity index (χ2v) is 6.34. The summed E-state index contributed by atoms with van der Waals surface area (Å²) in [6.07, 6.45) is 0.793. The molecule has 2 rings (SSSR count). The van der Waals surface area contributed by atoms with Gasteiger partial charge in [0.1, 0.15) is 0 Å². The Labute approximate surface area is 133 Å². The fraction of sp³-hybridized carbons (Fsp3) is 0.500. The van der Waals surface area contributed by atoms with Crippen molar-refractivity contribution < 1.29 is 0 Å². The second kappa shape index (κ2) is 6.94. The summed E-state index contributed by atoms with van der Waals surface area (Å²) in [5.74, 6) is 0. The van der Waals surface area contributed by atoms with Crippen molar-refractivity contribution in [2.75, 3.05) is 6.54 Å². The van der Waals surface area contributed by atoms with Gasteiger partial charge in [0, 0.05) is 23.9 Å². The Morgan fingerprint density at radius 3 is 2.70 bits per heavy atom. The zero-order valence-corrected chi connectivity index (χ0v) is 14.2. The van der Waals surface area contributed by atoms with Crippen LogP contribution in [0.4, 0.5) is 0 Å². The van der Waals surface area contributed by atoms with Crippen molar-refractivity contribution in [3.05, 3.63) is 37.8 Å². The number of aromatic nitrogens is 2. The molecule has 0 amide bonds. The van der Waals surface area contributed by atoms with E-state index in [9.17, 15) is 0 Å². The van der Waals surface area contributed by atoms with Gasteiger partial charge in [0.05, 0.1) is 21.4 Å². The first-order valence-corrected chi connectivity index (χ1v) is 8.40. The summed E-state index contributed by atoms with van der Waals surface area (Å²) in [6, 6.07) is 2.11. The molecule has 1 atom stereocenters. The number of nitrogens with one attached hydrogen (secondary N) is 1. The molecular formula is C14H19Cl2N3S. The minimum atomic E-state index is 0.173. The fourth-order valence-corrected chi connectivity index (χ4v) is 3.79. The van der Waals surface area contributed by atoms with E-state index in [-0.39, 0.29) is 6.04 Å². The van der Waals surface area contributed by atoms with E-state index in [0.29, 0.717) is 0 Å². The smallest absolute Gasteiger partial charge is 0.0847 e. The number of aryl methyl sites for hydroxylation is 2. The summed E-state index contributed by atoms with van der Waals surface area (Å²) in [6.45, 7) is 7.82. The van der Waals surface area contributed by atoms with Gasteiger partial charge in [0.25, 0.3) is 0 Å². The van der Waals surface area contributed by atoms with Crippen LogP contribution < -0.4 is 5.32 Å². The lowest BCUT2D eigenvalue weighted by Crippen LogP contribution is -2.23. The summed E-state index contributed by atoms with van der Waals surface area (Å²) < 4.78 is 1.98. The van der Waals surface area contributed by atoms with Crippen molar-refractivity contribution in [2.24, 2.45) is 0 Å². The first-order chi connectivity index (χ1) is 9.58. The highest BCUT2D eigenvalue weighted by Crippen LogP contribution is 2.33. The summed E-state index contributed by atoms with van der Waals surface area (Å²) in [5.41, 5.74) is 1.96. The molecule has 110 valence electrons. The van der Waals surface area contributed by atoms with Crippen molar-refractivity contribution in [2.45, 2.75) is 39.8 Å². The van der Waals surface area contributed by atoms with Crippen LogP contribution in [-0.4, -0.2) is 16.3 Å². The molecule has 0 fully saturated rings. The Hall–Kier alpha value is -0.550. The number of hydrogen-bond donors (Lipinski definition) is 1. The van der Waals surface area contributed by atoms with Crippen LogP contribution in [0.2, 0.25) is 10.0 Å². The molecule has 2 aromatic heterocycles. The summed E-state index contributed by atoms with van der Waals surface area (Å²) in [4.78, 5) is 1.16. The Morgan fingerprint density at radius 2 is 2.15 bits per heavy atom. The Morgan fingerprint density at radius 1 is 1.40 bits per heavy atom. The predicted molar refractivity (Wildman–Crippen MR) is 87.1 cm³/mol. The third-order valence-corrected chi connectivity index (χ3v) is 5.23. The van der Waals surface area contributed by atoms with E-state index < -0.39 is 0 Å². The van der Waals surface area contributed by atoms with Gasteiger partial charge in [-0.15, -0.1) is 11.3 Å². The van der Waals surface area contributed by atoms with Crippen molar-refractivity contribution in [1.82, 2.24) is 15.1 Å². The molecule has 0 aromatic carbocycles. The van der Waals surface area contributed by atoms with E-state index in [0.717, 1.165) is 45.8 Å². The van der Waals surface area contributed by atoms with Crippen LogP contribution in [0.3, 0.4) is 0 Å². The van der Waals surface area contributed by atoms with Crippen LogP contribution in [0.5, 0.6) is 0 Å². The molecule has 0 bridgehead atoms. The van der Waals surface area contributed by atoms with E-state index in [2.05, 4.69) is 24.3 Å². The van der Waals surface area contributed by atoms with Crippen molar-refractivity contribution in [3.8, 4) is 0 Å². The maximum absolute atomic E-state index is 6.40. The third-order valence-electron chi connectivity index (χ3n) is 3.26. The Bertz CT molecular complexity index is 577. The minimum absolute atomic E-state index is 0.173. The van der Waals surface area contributed by atoms with Gasteiger partial charge in [-0.2, -0.15) is 5.10 Å². The zero-order valence-electron chi connectivity index (χ0n) is 11.9. The van der Waals surface area contributed by atoms with E-state index in [1.54, 1.807) is 11.3 Å². The van der Waals surface area contributed by atoms with Crippen LogP contribution in [0.25, 0.3) is 0 Å². The first-order valence-electron chi connectivity index (χ1n) is 6.76. The SMILES string of the molecule is CCNC(Cc1c(Cl)c(C)nn1CC)c1sccc1Cl. The maximum atomic E-state index is 6.40. The molecule has 0 aliphatic rings. The van der Waals surface area contributed by atoms with E-state index in [1.165, 1.54) is 0 Å². The molecule has 0 saturated carbocycles. The molecule has 1 unspecified atom stereocenters. The van der Waals surface area contributed by atoms with Crippen molar-refractivity contribution in [1.29, 1.82) is 0 Å². The summed E-state index contributed by atoms with van der Waals surface area (Å²) >= 11 is 14.3. The number of rotatable bonds is 6. The van der Waals surface area contributed by atoms with Gasteiger partial charge < -0.3 is 5.32 Å². The highest BCUT2D eigenvalue weighted by atomic mass is 35.5. The molecule has 0 radical (unpaired) electrons. The van der Waals surface area contributed by atoms with Gasteiger partial charge >= 0.3 is 0 Å². The molecular weight excluding hydrogens is 313 g/mol. The van der Waals surface area contributed by atoms with Gasteiger partial charge in [-0.25, -0.2) is 0 Å². The average Bonchev–Trinajstić information content (AvgIpc) is 2.96. The van der Waals surface area contributed by atoms with Gasteiger partial charge in [0.2, 0.25) is 0 Å². The predicted octanol–water partition coefficient (Wildman–Crippen LogP) is 4.47. The van der Waals surface area contributed by atoms with Crippen LogP contribution in [0.1, 0.15) is 36.2 Å². The standard InChI is InChI=1S/C14H19Cl2N3S/c1-4-17-11(14-10(15)6-7-20-14)8-12-13(16)9(3)18-19(12)5-2/h6-7,11,17H,4-5,8H2,1-3H3. The van der Waals surface area contributed by atoms with Gasteiger partial charge in [0.15, 0.2) is 0 Å². The highest BCUT2D eigenvalue weighted by Gasteiger charge is 2.21. The second-order valence-electron chi connectivity index (χ2n) is 4.61. The quantitative estimate of drug-likeness (QED) is 0.846. The molecule has 2 heterocycles. The average molecular weight is 332 g/mol. The van der Waals surface area contributed by atoms with E-state index >= 15 is 0 Å². The van der Waals surface area contributed by atoms with Crippen LogP contribution >= 0.6 is 34.5 Å². The Balaban J connectivity index is 2.31. The van der Waals surface area contributed by atoms with Gasteiger partial charge in [-0.3, -0.25) is 4.68 Å². The third kappa shape index (κ3) is 3.19. The van der Waals surface area contributed by atoms with Crippen molar-refractivity contribution in [3.63, 3.8) is 0 Å². The number of likely N-dealkylation sites (N-methyl/N-ethyl adjacent to an activating group) is 1. The summed E-state index contributed by atoms with van der Waals surface area (Å²) in [7, 11) is 0. The molecule has 3 nitrogen and oxygen atoms in total. The lowest BCUT2D eigenvalue weighted by molar-refractivity contribution is 0.522. The number of thiophene rings is 1. The maximum Gasteiger partial charge on any atom is 0.0847 e. The molecule has 2 aromatic rings.